The number of ketones is 1. The van der Waals surface area contributed by atoms with Crippen LogP contribution in [0.3, 0.4) is 0 Å². The van der Waals surface area contributed by atoms with E-state index in [1.165, 1.54) is 0 Å². The van der Waals surface area contributed by atoms with Crippen molar-refractivity contribution in [2.75, 3.05) is 27.2 Å². The molecule has 8 nitrogen and oxygen atoms in total. The molecule has 5 heterocycles. The molecule has 0 radical (unpaired) electrons. The highest BCUT2D eigenvalue weighted by atomic mass is 16.1. The number of rotatable bonds is 11. The van der Waals surface area contributed by atoms with Crippen LogP contribution < -0.4 is 5.32 Å². The summed E-state index contributed by atoms with van der Waals surface area (Å²) in [4.78, 5) is 44.5. The maximum Gasteiger partial charge on any atom is 0.220 e. The van der Waals surface area contributed by atoms with E-state index in [1.807, 2.05) is 37.2 Å². The van der Waals surface area contributed by atoms with Gasteiger partial charge < -0.3 is 25.0 Å². The number of H-pyrrole nitrogens is 2. The summed E-state index contributed by atoms with van der Waals surface area (Å²) in [5.41, 5.74) is 15.4. The first-order valence-electron chi connectivity index (χ1n) is 16.2. The summed E-state index contributed by atoms with van der Waals surface area (Å²) in [6, 6.07) is 8.30. The van der Waals surface area contributed by atoms with Gasteiger partial charge >= 0.3 is 0 Å². The number of hydrogen-bond donors (Lipinski definition) is 3. The highest BCUT2D eigenvalue weighted by Gasteiger charge is 2.22. The molecular weight excluding hydrogens is 584 g/mol. The number of carbonyl (C=O) groups excluding carboxylic acids is 2. The molecule has 0 saturated carbocycles. The van der Waals surface area contributed by atoms with Crippen LogP contribution in [0.5, 0.6) is 0 Å². The number of carbonyl (C=O) groups is 2. The Morgan fingerprint density at radius 1 is 0.745 bits per heavy atom. The maximum absolute atomic E-state index is 12.8. The zero-order chi connectivity index (χ0) is 34.0. The number of amides is 1. The second-order valence-electron chi connectivity index (χ2n) is 12.8. The van der Waals surface area contributed by atoms with Crippen LogP contribution in [0.2, 0.25) is 0 Å². The van der Waals surface area contributed by atoms with Gasteiger partial charge in [-0.05, 0) is 119 Å². The summed E-state index contributed by atoms with van der Waals surface area (Å²) < 4.78 is 0. The van der Waals surface area contributed by atoms with Crippen molar-refractivity contribution in [1.29, 1.82) is 0 Å². The molecule has 3 N–H and O–H groups in total. The van der Waals surface area contributed by atoms with Crippen molar-refractivity contribution >= 4 is 68.2 Å². The molecule has 0 saturated heterocycles. The molecule has 8 bridgehead atoms. The molecule has 0 unspecified atom stereocenters. The van der Waals surface area contributed by atoms with Gasteiger partial charge in [0.15, 0.2) is 0 Å². The molecule has 1 amide bonds. The first-order valence-corrected chi connectivity index (χ1v) is 16.2. The van der Waals surface area contributed by atoms with Crippen LogP contribution in [0.15, 0.2) is 37.4 Å². The van der Waals surface area contributed by atoms with Crippen molar-refractivity contribution in [2.45, 2.75) is 60.3 Å². The Morgan fingerprint density at radius 3 is 1.74 bits per heavy atom. The molecule has 47 heavy (non-hydrogen) atoms. The van der Waals surface area contributed by atoms with E-state index in [4.69, 9.17) is 9.97 Å². The molecule has 5 rings (SSSR count). The van der Waals surface area contributed by atoms with Gasteiger partial charge in [0, 0.05) is 59.1 Å². The Balaban J connectivity index is 1.78. The average Bonchev–Trinajstić information content (AvgIpc) is 3.67. The number of aromatic nitrogens is 4. The quantitative estimate of drug-likeness (QED) is 0.200. The number of nitrogens with zero attached hydrogens (tertiary/aromatic N) is 3. The van der Waals surface area contributed by atoms with Gasteiger partial charge in [0.1, 0.15) is 5.78 Å². The lowest BCUT2D eigenvalue weighted by Gasteiger charge is -2.11. The summed E-state index contributed by atoms with van der Waals surface area (Å²) in [5.74, 6) is 0.146. The topological polar surface area (TPSA) is 107 Å². The highest BCUT2D eigenvalue weighted by molar-refractivity contribution is 5.97. The van der Waals surface area contributed by atoms with Crippen LogP contribution in [-0.2, 0) is 9.59 Å². The van der Waals surface area contributed by atoms with Crippen molar-refractivity contribution in [3.63, 3.8) is 0 Å². The Hall–Kier alpha value is -4.82. The minimum Gasteiger partial charge on any atom is -0.355 e. The van der Waals surface area contributed by atoms with Crippen molar-refractivity contribution in [3.05, 3.63) is 82.5 Å². The lowest BCUT2D eigenvalue weighted by molar-refractivity contribution is -0.121. The molecular formula is C39H46N6O2. The summed E-state index contributed by atoms with van der Waals surface area (Å²) in [6.07, 6.45) is 5.67. The minimum atomic E-state index is 0.0121. The summed E-state index contributed by atoms with van der Waals surface area (Å²) in [5, 5.41) is 3.03. The van der Waals surface area contributed by atoms with Crippen molar-refractivity contribution in [1.82, 2.24) is 30.2 Å². The molecule has 0 aliphatic carbocycles. The van der Waals surface area contributed by atoms with Gasteiger partial charge in [-0.3, -0.25) is 4.79 Å². The van der Waals surface area contributed by atoms with E-state index >= 15 is 0 Å². The smallest absolute Gasteiger partial charge is 0.220 e. The molecule has 0 fully saturated rings. The molecule has 0 spiro atoms. The third-order valence-corrected chi connectivity index (χ3v) is 9.25. The van der Waals surface area contributed by atoms with E-state index in [0.717, 1.165) is 95.9 Å². The SMILES string of the molecule is C=Cc1c(C)c2cc3[nH]c(cc4nc(cc5nc(cc1[nH]2)C(C)=C5CCC(C)=O)C(CCC(=O)NCCN(C)C)=C4C)c(C)c3C=C. The molecule has 244 valence electrons. The van der Waals surface area contributed by atoms with Gasteiger partial charge in [-0.25, -0.2) is 9.97 Å². The van der Waals surface area contributed by atoms with Crippen LogP contribution in [0, 0.1) is 13.8 Å². The van der Waals surface area contributed by atoms with Crippen molar-refractivity contribution in [2.24, 2.45) is 0 Å². The normalized spacial score (nSPS) is 13.0. The molecule has 3 aromatic heterocycles. The number of fused-ring (bicyclic) bond motifs is 8. The molecule has 2 aliphatic heterocycles. The number of allylic oxidation sites excluding steroid dienone is 4. The number of Topliss-reactive ketones (excluding diaryl/α,β-unsaturated/α-hetero) is 1. The Bertz CT molecular complexity index is 2020. The van der Waals surface area contributed by atoms with Gasteiger partial charge in [-0.15, -0.1) is 0 Å². The summed E-state index contributed by atoms with van der Waals surface area (Å²) in [7, 11) is 3.98. The molecule has 3 aromatic rings. The Kier molecular flexibility index (Phi) is 9.91. The number of aromatic amines is 2. The van der Waals surface area contributed by atoms with Crippen LogP contribution in [0.4, 0.5) is 0 Å². The molecule has 8 heteroatoms. The fraction of sp³-hybridized carbons (Fsp3) is 0.333. The van der Waals surface area contributed by atoms with Crippen molar-refractivity contribution < 1.29 is 9.59 Å². The standard InChI is InChI=1S/C39H46N6O2/c1-10-27-23(4)31-18-32-26(7)30(14-15-39(47)40-16-17-45(8)9)38(43-32)21-37-29(13-12-22(3)46)25(6)34(44-37)20-36-28(11-2)24(5)33(42-36)19-35(27)41-31/h10-11,18-21,41-42H,1-2,12-17H2,3-9H3,(H,40,47). The third-order valence-electron chi connectivity index (χ3n) is 9.25. The Morgan fingerprint density at radius 2 is 1.23 bits per heavy atom. The maximum atomic E-state index is 12.8. The van der Waals surface area contributed by atoms with Gasteiger partial charge in [0.05, 0.1) is 22.8 Å². The molecule has 2 aliphatic rings. The molecule has 0 atom stereocenters. The Labute approximate surface area is 277 Å². The fourth-order valence-corrected chi connectivity index (χ4v) is 6.35. The van der Waals surface area contributed by atoms with Crippen LogP contribution in [0.1, 0.15) is 91.5 Å². The number of likely N-dealkylation sites (N-methyl/N-ethyl adjacent to an activating group) is 1. The van der Waals surface area contributed by atoms with E-state index in [1.54, 1.807) is 6.92 Å². The van der Waals surface area contributed by atoms with Gasteiger partial charge in [-0.2, -0.15) is 0 Å². The zero-order valence-electron chi connectivity index (χ0n) is 28.8. The van der Waals surface area contributed by atoms with E-state index < -0.39 is 0 Å². The first kappa shape index (κ1) is 33.5. The van der Waals surface area contributed by atoms with Crippen LogP contribution in [0.25, 0.3) is 56.5 Å². The van der Waals surface area contributed by atoms with E-state index in [-0.39, 0.29) is 11.7 Å². The van der Waals surface area contributed by atoms with Gasteiger partial charge in [0.2, 0.25) is 5.91 Å². The molecule has 0 aromatic carbocycles. The van der Waals surface area contributed by atoms with Crippen LogP contribution >= 0.6 is 0 Å². The summed E-state index contributed by atoms with van der Waals surface area (Å²) >= 11 is 0. The van der Waals surface area contributed by atoms with E-state index in [0.29, 0.717) is 32.2 Å². The summed E-state index contributed by atoms with van der Waals surface area (Å²) in [6.45, 7) is 19.5. The minimum absolute atomic E-state index is 0.0121. The van der Waals surface area contributed by atoms with Gasteiger partial charge in [-0.1, -0.05) is 25.3 Å². The largest absolute Gasteiger partial charge is 0.355 e. The second kappa shape index (κ2) is 13.9. The highest BCUT2D eigenvalue weighted by Crippen LogP contribution is 2.38. The van der Waals surface area contributed by atoms with E-state index in [9.17, 15) is 9.59 Å². The number of hydrogen-bond acceptors (Lipinski definition) is 5. The lowest BCUT2D eigenvalue weighted by Crippen LogP contribution is -2.31. The average molecular weight is 631 g/mol. The third kappa shape index (κ3) is 6.98. The fourth-order valence-electron chi connectivity index (χ4n) is 6.35. The lowest BCUT2D eigenvalue weighted by atomic mass is 9.97. The predicted octanol–water partition coefficient (Wildman–Crippen LogP) is 7.91. The van der Waals surface area contributed by atoms with Gasteiger partial charge in [0.25, 0.3) is 0 Å². The van der Waals surface area contributed by atoms with Crippen molar-refractivity contribution in [3.8, 4) is 0 Å². The van der Waals surface area contributed by atoms with Crippen LogP contribution in [-0.4, -0.2) is 63.7 Å². The first-order chi connectivity index (χ1) is 22.4. The predicted molar refractivity (Wildman–Crippen MR) is 196 cm³/mol. The number of nitrogens with one attached hydrogen (secondary N) is 3. The monoisotopic (exact) mass is 630 g/mol. The zero-order valence-corrected chi connectivity index (χ0v) is 28.8. The second-order valence-corrected chi connectivity index (χ2v) is 12.8. The number of aryl methyl sites for hydroxylation is 2. The van der Waals surface area contributed by atoms with E-state index in [2.05, 4.69) is 74.3 Å².